The van der Waals surface area contributed by atoms with Crippen molar-refractivity contribution >= 4 is 132 Å². The zero-order valence-electron chi connectivity index (χ0n) is 25.8. The number of anilines is 5. The van der Waals surface area contributed by atoms with E-state index in [2.05, 4.69) is 40.0 Å². The number of rotatable bonds is 10. The lowest BCUT2D eigenvalue weighted by Crippen LogP contribution is -2.81. The van der Waals surface area contributed by atoms with E-state index in [1.54, 1.807) is 23.1 Å². The molecule has 0 saturated carbocycles. The van der Waals surface area contributed by atoms with Crippen LogP contribution in [0.1, 0.15) is 0 Å². The molecule has 0 unspecified atom stereocenters. The fourth-order valence-electron chi connectivity index (χ4n) is 5.55. The maximum Gasteiger partial charge on any atom is 0.229 e. The van der Waals surface area contributed by atoms with Gasteiger partial charge in [0.25, 0.3) is 0 Å². The topological polar surface area (TPSA) is 85.8 Å². The van der Waals surface area contributed by atoms with E-state index in [9.17, 15) is 5.11 Å². The third kappa shape index (κ3) is 7.21. The highest BCUT2D eigenvalue weighted by atomic mass is 35.5. The molecule has 3 N–H and O–H groups in total. The van der Waals surface area contributed by atoms with Crippen molar-refractivity contribution in [3.8, 4) is 5.75 Å². The molecule has 212 valence electrons. The van der Waals surface area contributed by atoms with Crippen LogP contribution in [0.15, 0.2) is 48.7 Å². The van der Waals surface area contributed by atoms with Crippen LogP contribution in [0.2, 0.25) is 15.5 Å². The Morgan fingerprint density at radius 3 is 2.07 bits per heavy atom. The Morgan fingerprint density at radius 2 is 1.52 bits per heavy atom. The smallest absolute Gasteiger partial charge is 0.229 e. The Balaban J connectivity index is 1.63. The van der Waals surface area contributed by atoms with Crippen molar-refractivity contribution in [2.75, 3.05) is 49.1 Å². The lowest BCUT2D eigenvalue weighted by Gasteiger charge is -2.71. The summed E-state index contributed by atoms with van der Waals surface area (Å²) in [6.45, 7) is 3.78. The van der Waals surface area contributed by atoms with Crippen molar-refractivity contribution in [1.29, 1.82) is 0 Å². The third-order valence-corrected chi connectivity index (χ3v) is 9.11. The molecule has 1 aromatic heterocycles. The molecule has 0 aliphatic carbocycles. The lowest BCUT2D eigenvalue weighted by molar-refractivity contribution is -0.148. The first-order valence-corrected chi connectivity index (χ1v) is 16.4. The molecule has 2 aromatic carbocycles. The van der Waals surface area contributed by atoms with Crippen molar-refractivity contribution in [3.05, 3.63) is 53.7 Å². The largest absolute Gasteiger partial charge is 0.494 e. The number of para-hydroxylation sites is 1. The second kappa shape index (κ2) is 13.1. The van der Waals surface area contributed by atoms with Crippen molar-refractivity contribution in [1.82, 2.24) is 14.9 Å². The van der Waals surface area contributed by atoms with Crippen molar-refractivity contribution in [3.63, 3.8) is 0 Å². The summed E-state index contributed by atoms with van der Waals surface area (Å²) in [4.78, 5) is 11.0. The monoisotopic (exact) mass is 628 g/mol. The summed E-state index contributed by atoms with van der Waals surface area (Å²) < 4.78 is 5.65. The summed E-state index contributed by atoms with van der Waals surface area (Å²) in [5, 5.41) is 10.5. The van der Waals surface area contributed by atoms with Gasteiger partial charge in [-0.25, -0.2) is 4.98 Å². The van der Waals surface area contributed by atoms with Crippen molar-refractivity contribution < 1.29 is 9.84 Å². The number of methoxy groups -OCH3 is 1. The molecule has 46 heavy (non-hydrogen) atoms. The van der Waals surface area contributed by atoms with Gasteiger partial charge in [0.1, 0.15) is 10.8 Å². The normalized spacial score (nSPS) is 17.5. The van der Waals surface area contributed by atoms with E-state index in [1.165, 1.54) is 18.6 Å². The van der Waals surface area contributed by atoms with Crippen LogP contribution in [0.3, 0.4) is 0 Å². The number of piperidine rings is 1. The van der Waals surface area contributed by atoms with Crippen LogP contribution in [0.5, 0.6) is 5.75 Å². The number of benzene rings is 2. The van der Waals surface area contributed by atoms with Gasteiger partial charge in [-0.3, -0.25) is 0 Å². The quantitative estimate of drug-likeness (QED) is 0.164. The number of nitrogens with zero attached hydrogens (tertiary/aromatic N) is 4. The highest BCUT2D eigenvalue weighted by Gasteiger charge is 2.62. The Kier molecular flexibility index (Phi) is 10.5. The van der Waals surface area contributed by atoms with Gasteiger partial charge in [-0.15, -0.1) is 0 Å². The van der Waals surface area contributed by atoms with E-state index in [0.29, 0.717) is 32.9 Å². The van der Waals surface area contributed by atoms with E-state index >= 15 is 0 Å². The van der Waals surface area contributed by atoms with E-state index < -0.39 is 26.6 Å². The Labute approximate surface area is 290 Å². The zero-order chi connectivity index (χ0) is 34.5. The molecule has 0 amide bonds. The fraction of sp³-hybridized carbons (Fsp3) is 0.385. The molecule has 0 atom stereocenters. The first kappa shape index (κ1) is 36.8. The molecule has 0 bridgehead atoms. The number of aliphatic hydroxyl groups is 1. The maximum absolute atomic E-state index is 11.9. The molecule has 8 nitrogen and oxygen atoms in total. The highest BCUT2D eigenvalue weighted by molar-refractivity contribution is 7.64. The van der Waals surface area contributed by atoms with Crippen LogP contribution in [-0.2, 0) is 0 Å². The molecular formula is C26H24B10ClN6O2P. The molecule has 2 heterocycles. The average Bonchev–Trinajstić information content (AvgIpc) is 2.92. The molecule has 20 heteroatoms. The highest BCUT2D eigenvalue weighted by Crippen LogP contribution is 2.56. The van der Waals surface area contributed by atoms with Crippen molar-refractivity contribution in [2.45, 2.75) is 26.6 Å². The van der Waals surface area contributed by atoms with Gasteiger partial charge < -0.3 is 30.3 Å². The summed E-state index contributed by atoms with van der Waals surface area (Å²) in [6.07, 6.45) is 1.49. The minimum Gasteiger partial charge on any atom is -0.494 e. The molecule has 3 aromatic rings. The summed E-state index contributed by atoms with van der Waals surface area (Å²) >= 11 is 6.44. The second-order valence-corrected chi connectivity index (χ2v) is 14.3. The van der Waals surface area contributed by atoms with Gasteiger partial charge in [-0.05, 0) is 47.3 Å². The van der Waals surface area contributed by atoms with Crippen LogP contribution in [0, 0.1) is 0 Å². The Morgan fingerprint density at radius 1 is 0.935 bits per heavy atom. The predicted octanol–water partition coefficient (Wildman–Crippen LogP) is -0.0568. The Hall–Kier alpha value is -1.99. The van der Waals surface area contributed by atoms with Crippen LogP contribution >= 0.6 is 19.5 Å². The van der Waals surface area contributed by atoms with Crippen LogP contribution < -0.4 is 25.6 Å². The number of halogens is 1. The van der Waals surface area contributed by atoms with Gasteiger partial charge in [-0.2, -0.15) is 4.98 Å². The summed E-state index contributed by atoms with van der Waals surface area (Å²) in [6, 6.07) is 13.1. The van der Waals surface area contributed by atoms with Crippen molar-refractivity contribution in [2.24, 2.45) is 0 Å². The predicted molar refractivity (Wildman–Crippen MR) is 199 cm³/mol. The number of ether oxygens (including phenoxy) is 1. The van der Waals surface area contributed by atoms with Crippen LogP contribution in [-0.4, -0.2) is 148 Å². The van der Waals surface area contributed by atoms with Crippen LogP contribution in [0.4, 0.5) is 28.8 Å². The summed E-state index contributed by atoms with van der Waals surface area (Å²) in [5.41, 5.74) is -0.780. The van der Waals surface area contributed by atoms with E-state index in [-0.39, 0.29) is 27.0 Å². The standard InChI is InChI=1S/C26H24B10ClN6O2P/c1-45-18-10-14(42-12-22(27,28)24(44,23(29,30)13-42)43(25(31,32)33)26(34,35)36)8-9-16(18)40-21-38-11-15(37)20(41-21)39-17-6-4-5-7-19(17)46(2)3/h4-11,44H,12-13H2,1-3H3,(H2,38,39,40,41). The second-order valence-electron chi connectivity index (χ2n) is 11.7. The van der Waals surface area contributed by atoms with Gasteiger partial charge in [-0.1, -0.05) is 48.2 Å². The van der Waals surface area contributed by atoms with Gasteiger partial charge in [0, 0.05) is 30.5 Å². The lowest BCUT2D eigenvalue weighted by atomic mass is 9.29. The molecule has 1 fully saturated rings. The minimum atomic E-state index is -2.72. The third-order valence-electron chi connectivity index (χ3n) is 7.48. The molecule has 20 radical (unpaired) electrons. The SMILES string of the molecule is [B]C([B])([B])N(C([B])([B])[B])C1(O)C([B])([B])CN(c2ccc(Nc3ncc(Cl)c(Nc4ccccc4P(C)C)n3)c(OC)c2)CC1([B])[B]. The molecule has 1 aliphatic rings. The van der Waals surface area contributed by atoms with Gasteiger partial charge in [0.15, 0.2) is 5.82 Å². The van der Waals surface area contributed by atoms with E-state index in [1.807, 2.05) is 18.2 Å². The zero-order valence-corrected chi connectivity index (χ0v) is 27.4. The Bertz CT molecular complexity index is 1540. The van der Waals surface area contributed by atoms with Gasteiger partial charge in [0.2, 0.25) is 5.95 Å². The van der Waals surface area contributed by atoms with Gasteiger partial charge in [0.05, 0.1) is 103 Å². The first-order chi connectivity index (χ1) is 21.1. The average molecular weight is 627 g/mol. The van der Waals surface area contributed by atoms with E-state index in [0.717, 1.165) is 5.69 Å². The maximum atomic E-state index is 11.9. The van der Waals surface area contributed by atoms with Crippen LogP contribution in [0.25, 0.3) is 0 Å². The molecular weight excluding hydrogens is 603 g/mol. The fourth-order valence-corrected chi connectivity index (χ4v) is 6.68. The van der Waals surface area contributed by atoms with E-state index in [4.69, 9.17) is 94.8 Å². The molecule has 1 saturated heterocycles. The first-order valence-electron chi connectivity index (χ1n) is 13.8. The number of hydrogen-bond acceptors (Lipinski definition) is 8. The molecule has 4 rings (SSSR count). The number of aromatic nitrogens is 2. The minimum absolute atomic E-state index is 0.252. The summed E-state index contributed by atoms with van der Waals surface area (Å²) in [7, 11) is 62.0. The van der Waals surface area contributed by atoms with Gasteiger partial charge >= 0.3 is 0 Å². The molecule has 0 spiro atoms. The number of nitrogens with one attached hydrogen (secondary N) is 2. The number of hydrogen-bond donors (Lipinski definition) is 3. The molecule has 1 aliphatic heterocycles. The summed E-state index contributed by atoms with van der Waals surface area (Å²) in [5.74, 6) is 1.06.